The molecule has 0 bridgehead atoms. The standard InChI is InChI=1S/C20H19N7O2.C3H6/c1-12(13-2-4-17(22-6-13)14-3-5-18(21)23-7-14)19-25-20(29-26-19)15-8-24-27(9-15)16-10-28-11-16;1-2-3-1/h2-9,12,16H,10-11H2,1H3,(H2,21,23);1-3H2. The number of hydrogen-bond acceptors (Lipinski definition) is 8. The predicted molar refractivity (Wildman–Crippen MR) is 119 cm³/mol. The molecule has 5 heterocycles. The van der Waals surface area contributed by atoms with Crippen LogP contribution in [0.1, 0.15) is 49.5 Å². The van der Waals surface area contributed by atoms with E-state index in [0.29, 0.717) is 30.7 Å². The highest BCUT2D eigenvalue weighted by Crippen LogP contribution is 2.27. The highest BCUT2D eigenvalue weighted by molar-refractivity contribution is 5.59. The maximum Gasteiger partial charge on any atom is 0.261 e. The Bertz CT molecular complexity index is 1160. The number of hydrogen-bond donors (Lipinski definition) is 1. The lowest BCUT2D eigenvalue weighted by molar-refractivity contribution is -0.0286. The Balaban J connectivity index is 0.000000666. The van der Waals surface area contributed by atoms with Crippen molar-refractivity contribution >= 4 is 5.82 Å². The zero-order valence-corrected chi connectivity index (χ0v) is 17.9. The van der Waals surface area contributed by atoms with Crippen LogP contribution in [0.2, 0.25) is 0 Å². The van der Waals surface area contributed by atoms with Crippen LogP contribution in [0.3, 0.4) is 0 Å². The van der Waals surface area contributed by atoms with Crippen molar-refractivity contribution in [3.63, 3.8) is 0 Å². The first-order valence-electron chi connectivity index (χ1n) is 10.8. The van der Waals surface area contributed by atoms with Gasteiger partial charge in [-0.1, -0.05) is 37.4 Å². The Morgan fingerprint density at radius 2 is 1.84 bits per heavy atom. The largest absolute Gasteiger partial charge is 0.384 e. The number of pyridine rings is 2. The van der Waals surface area contributed by atoms with Crippen LogP contribution in [0.25, 0.3) is 22.7 Å². The zero-order valence-electron chi connectivity index (χ0n) is 17.9. The van der Waals surface area contributed by atoms with Crippen LogP contribution in [0.15, 0.2) is 53.6 Å². The second-order valence-electron chi connectivity index (χ2n) is 8.09. The number of aromatic nitrogens is 6. The molecule has 2 N–H and O–H groups in total. The predicted octanol–water partition coefficient (Wildman–Crippen LogP) is 3.87. The summed E-state index contributed by atoms with van der Waals surface area (Å²) in [6, 6.07) is 7.90. The summed E-state index contributed by atoms with van der Waals surface area (Å²) in [5, 5.41) is 8.50. The lowest BCUT2D eigenvalue weighted by Gasteiger charge is -2.25. The second kappa shape index (κ2) is 8.88. The molecule has 2 fully saturated rings. The molecule has 9 heteroatoms. The third kappa shape index (κ3) is 4.52. The van der Waals surface area contributed by atoms with Crippen LogP contribution >= 0.6 is 0 Å². The molecule has 9 nitrogen and oxygen atoms in total. The van der Waals surface area contributed by atoms with Crippen LogP contribution in [-0.2, 0) is 4.74 Å². The molecule has 1 saturated heterocycles. The third-order valence-electron chi connectivity index (χ3n) is 5.39. The van der Waals surface area contributed by atoms with Crippen LogP contribution in [0, 0.1) is 0 Å². The summed E-state index contributed by atoms with van der Waals surface area (Å²) in [5.41, 5.74) is 9.17. The van der Waals surface area contributed by atoms with E-state index in [9.17, 15) is 0 Å². The van der Waals surface area contributed by atoms with E-state index in [0.717, 1.165) is 22.4 Å². The van der Waals surface area contributed by atoms with Crippen molar-refractivity contribution in [3.05, 3.63) is 60.4 Å². The van der Waals surface area contributed by atoms with Gasteiger partial charge in [0.25, 0.3) is 5.89 Å². The molecule has 0 aromatic carbocycles. The van der Waals surface area contributed by atoms with Gasteiger partial charge in [0.2, 0.25) is 0 Å². The van der Waals surface area contributed by atoms with Gasteiger partial charge in [-0.3, -0.25) is 9.67 Å². The normalized spacial score (nSPS) is 16.0. The topological polar surface area (TPSA) is 118 Å². The van der Waals surface area contributed by atoms with Crippen LogP contribution in [0.4, 0.5) is 5.82 Å². The van der Waals surface area contributed by atoms with Gasteiger partial charge in [-0.25, -0.2) is 4.98 Å². The van der Waals surface area contributed by atoms with Gasteiger partial charge in [0.1, 0.15) is 5.82 Å². The molecule has 1 aliphatic carbocycles. The number of nitrogens with two attached hydrogens (primary N) is 1. The second-order valence-corrected chi connectivity index (χ2v) is 8.09. The number of rotatable bonds is 5. The summed E-state index contributed by atoms with van der Waals surface area (Å²) in [7, 11) is 0. The minimum absolute atomic E-state index is 0.0614. The molecular formula is C23H25N7O2. The van der Waals surface area contributed by atoms with Gasteiger partial charge in [-0.15, -0.1) is 0 Å². The lowest BCUT2D eigenvalue weighted by atomic mass is 10.0. The van der Waals surface area contributed by atoms with E-state index >= 15 is 0 Å². The van der Waals surface area contributed by atoms with E-state index in [1.165, 1.54) is 19.3 Å². The van der Waals surface area contributed by atoms with Gasteiger partial charge in [-0.05, 0) is 23.8 Å². The van der Waals surface area contributed by atoms with Gasteiger partial charge < -0.3 is 15.0 Å². The van der Waals surface area contributed by atoms with Crippen molar-refractivity contribution in [1.29, 1.82) is 0 Å². The average molecular weight is 432 g/mol. The number of nitrogen functional groups attached to an aromatic ring is 1. The minimum Gasteiger partial charge on any atom is -0.384 e. The summed E-state index contributed by atoms with van der Waals surface area (Å²) < 4.78 is 12.5. The van der Waals surface area contributed by atoms with Gasteiger partial charge in [0.15, 0.2) is 5.82 Å². The fourth-order valence-corrected chi connectivity index (χ4v) is 3.09. The molecule has 1 atom stereocenters. The molecule has 0 radical (unpaired) electrons. The van der Waals surface area contributed by atoms with Crippen LogP contribution in [0.5, 0.6) is 0 Å². The van der Waals surface area contributed by atoms with E-state index in [1.807, 2.05) is 42.2 Å². The zero-order chi connectivity index (χ0) is 21.9. The Morgan fingerprint density at radius 1 is 1.00 bits per heavy atom. The van der Waals surface area contributed by atoms with Crippen LogP contribution < -0.4 is 5.73 Å². The van der Waals surface area contributed by atoms with Crippen molar-refractivity contribution in [2.75, 3.05) is 18.9 Å². The first kappa shape index (κ1) is 20.3. The van der Waals surface area contributed by atoms with E-state index in [-0.39, 0.29) is 12.0 Å². The summed E-state index contributed by atoms with van der Waals surface area (Å²) in [4.78, 5) is 13.2. The van der Waals surface area contributed by atoms with E-state index in [2.05, 4.69) is 25.2 Å². The van der Waals surface area contributed by atoms with E-state index < -0.39 is 0 Å². The summed E-state index contributed by atoms with van der Waals surface area (Å²) in [6.07, 6.45) is 11.7. The van der Waals surface area contributed by atoms with E-state index in [1.54, 1.807) is 18.5 Å². The molecule has 1 saturated carbocycles. The fraction of sp³-hybridized carbons (Fsp3) is 0.348. The summed E-state index contributed by atoms with van der Waals surface area (Å²) in [6.45, 7) is 3.39. The molecular weight excluding hydrogens is 406 g/mol. The fourth-order valence-electron chi connectivity index (χ4n) is 3.09. The molecule has 1 aliphatic heterocycles. The maximum absolute atomic E-state index is 5.64. The van der Waals surface area contributed by atoms with Crippen molar-refractivity contribution in [2.24, 2.45) is 0 Å². The third-order valence-corrected chi connectivity index (χ3v) is 5.39. The molecule has 1 unspecified atom stereocenters. The Morgan fingerprint density at radius 3 is 2.47 bits per heavy atom. The SMILES string of the molecule is C1CC1.CC(c1ccc(-c2ccc(N)nc2)nc1)c1noc(-c2cnn(C3COC3)c2)n1. The molecule has 2 aliphatic rings. The molecule has 32 heavy (non-hydrogen) atoms. The molecule has 6 rings (SSSR count). The Kier molecular flexibility index (Phi) is 5.64. The first-order valence-corrected chi connectivity index (χ1v) is 10.8. The molecule has 4 aromatic heterocycles. The highest BCUT2D eigenvalue weighted by Gasteiger charge is 2.23. The molecule has 0 spiro atoms. The Labute approximate surface area is 185 Å². The number of ether oxygens (including phenoxy) is 1. The molecule has 4 aromatic rings. The lowest BCUT2D eigenvalue weighted by Crippen LogP contribution is -2.30. The Hall–Kier alpha value is -3.59. The van der Waals surface area contributed by atoms with E-state index in [4.69, 9.17) is 15.0 Å². The van der Waals surface area contributed by atoms with Crippen molar-refractivity contribution < 1.29 is 9.26 Å². The maximum atomic E-state index is 5.64. The van der Waals surface area contributed by atoms with Crippen LogP contribution in [-0.4, -0.2) is 43.1 Å². The molecule has 164 valence electrons. The summed E-state index contributed by atoms with van der Waals surface area (Å²) >= 11 is 0. The number of nitrogens with zero attached hydrogens (tertiary/aromatic N) is 6. The first-order chi connectivity index (χ1) is 15.7. The van der Waals surface area contributed by atoms with Crippen molar-refractivity contribution in [1.82, 2.24) is 29.9 Å². The number of anilines is 1. The summed E-state index contributed by atoms with van der Waals surface area (Å²) in [5.74, 6) is 1.48. The van der Waals surface area contributed by atoms with Gasteiger partial charge in [0, 0.05) is 30.1 Å². The van der Waals surface area contributed by atoms with Gasteiger partial charge in [-0.2, -0.15) is 10.1 Å². The minimum atomic E-state index is -0.0614. The van der Waals surface area contributed by atoms with Gasteiger partial charge >= 0.3 is 0 Å². The average Bonchev–Trinajstić information content (AvgIpc) is 3.45. The van der Waals surface area contributed by atoms with Gasteiger partial charge in [0.05, 0.1) is 36.7 Å². The smallest absolute Gasteiger partial charge is 0.261 e. The van der Waals surface area contributed by atoms with Crippen molar-refractivity contribution in [2.45, 2.75) is 38.1 Å². The molecule has 0 amide bonds. The quantitative estimate of drug-likeness (QED) is 0.506. The monoisotopic (exact) mass is 431 g/mol. The highest BCUT2D eigenvalue weighted by atomic mass is 16.5. The van der Waals surface area contributed by atoms with Crippen molar-refractivity contribution in [3.8, 4) is 22.7 Å².